The van der Waals surface area contributed by atoms with Crippen molar-refractivity contribution in [2.45, 2.75) is 196 Å². The molecule has 4 aromatic rings. The summed E-state index contributed by atoms with van der Waals surface area (Å²) < 4.78 is 10.5. The number of likely N-dealkylation sites (tertiary alicyclic amines) is 1. The van der Waals surface area contributed by atoms with E-state index in [1.165, 1.54) is 87.5 Å². The normalized spacial score (nSPS) is 12.9. The number of Topliss-reactive ketones (excluding diaryl/α,β-unsaturated/α-hetero) is 4. The van der Waals surface area contributed by atoms with Gasteiger partial charge in [0.15, 0.2) is 11.6 Å². The van der Waals surface area contributed by atoms with Crippen LogP contribution >= 0.6 is 11.8 Å². The number of alkyl carbamates (subject to hydrolysis) is 1. The van der Waals surface area contributed by atoms with Crippen LogP contribution in [0.2, 0.25) is 0 Å². The van der Waals surface area contributed by atoms with E-state index < -0.39 is 28.5 Å². The van der Waals surface area contributed by atoms with Crippen LogP contribution in [0.4, 0.5) is 9.59 Å². The molecule has 0 saturated carbocycles. The average Bonchev–Trinajstić information content (AvgIpc) is 3.57. The minimum atomic E-state index is -0.859. The smallest absolute Gasteiger partial charge is 0.852 e. The molecule has 0 spiro atoms. The summed E-state index contributed by atoms with van der Waals surface area (Å²) in [6, 6.07) is 42.6. The molecular formula is C70H104KN3O10S. The Kier molecular flexibility index (Phi) is 48.1. The molecule has 0 aromatic heterocycles. The van der Waals surface area contributed by atoms with Crippen LogP contribution in [-0.4, -0.2) is 103 Å². The van der Waals surface area contributed by atoms with Crippen LogP contribution in [0.3, 0.4) is 0 Å². The summed E-state index contributed by atoms with van der Waals surface area (Å²) in [6.07, 6.45) is 20.2. The molecule has 2 unspecified atom stereocenters. The topological polar surface area (TPSA) is 188 Å². The first-order valence-corrected chi connectivity index (χ1v) is 31.7. The van der Waals surface area contributed by atoms with Gasteiger partial charge < -0.3 is 30.1 Å². The Balaban J connectivity index is 0.00000111. The predicted octanol–water partition coefficient (Wildman–Crippen LogP) is 10.9. The molecule has 1 aliphatic rings. The van der Waals surface area contributed by atoms with Crippen LogP contribution in [0.5, 0.6) is 0 Å². The van der Waals surface area contributed by atoms with Gasteiger partial charge in [0.2, 0.25) is 12.2 Å². The summed E-state index contributed by atoms with van der Waals surface area (Å²) in [5.74, 6) is -0.653. The number of piperidine rings is 1. The molecule has 1 heterocycles. The van der Waals surface area contributed by atoms with Gasteiger partial charge in [0.05, 0.1) is 18.1 Å². The fourth-order valence-electron chi connectivity index (χ4n) is 8.55. The van der Waals surface area contributed by atoms with Crippen molar-refractivity contribution in [1.82, 2.24) is 15.5 Å². The quantitative estimate of drug-likeness (QED) is 0.0200. The van der Waals surface area contributed by atoms with Gasteiger partial charge in [-0.25, -0.2) is 4.79 Å². The third-order valence-corrected chi connectivity index (χ3v) is 15.4. The molecule has 5 rings (SSSR count). The summed E-state index contributed by atoms with van der Waals surface area (Å²) >= 11 is 1.01. The van der Waals surface area contributed by atoms with E-state index in [1.807, 2.05) is 0 Å². The van der Waals surface area contributed by atoms with Crippen LogP contribution in [-0.2, 0) is 59.1 Å². The molecule has 0 bridgehead atoms. The van der Waals surface area contributed by atoms with Crippen LogP contribution in [0.1, 0.15) is 181 Å². The van der Waals surface area contributed by atoms with Gasteiger partial charge in [-0.15, -0.1) is 6.10 Å². The third kappa shape index (κ3) is 42.2. The summed E-state index contributed by atoms with van der Waals surface area (Å²) in [6.45, 7) is 17.8. The Morgan fingerprint density at radius 1 is 0.612 bits per heavy atom. The molecule has 0 radical (unpaired) electrons. The monoisotopic (exact) mass is 1220 g/mol. The second-order valence-corrected chi connectivity index (χ2v) is 23.7. The van der Waals surface area contributed by atoms with Crippen LogP contribution in [0.15, 0.2) is 121 Å². The number of carbonyl (C=O) groups is 7. The molecule has 0 aliphatic carbocycles. The number of ether oxygens (including phenoxy) is 2. The number of benzene rings is 4. The maximum Gasteiger partial charge on any atom is 1.00 e. The number of unbranched alkanes of at least 4 members (excludes halogenated alkanes) is 5. The SMILES string of the molecule is CC(=O)C(=O)C(C)(C)CSC(=O)NCCCCCOCCNC(=O)OCC(C)(C)C(C)=O.CC(=O)C1CCCCN1C=O.CCCCCC([O-])CCCC.[K+].c1ccc(CCCc2ccccc2)cc1.c1ccc(CCCc2ccccc2)cc1. The van der Waals surface area contributed by atoms with E-state index >= 15 is 0 Å². The van der Waals surface area contributed by atoms with E-state index in [9.17, 15) is 38.7 Å². The first kappa shape index (κ1) is 80.7. The fourth-order valence-corrected chi connectivity index (χ4v) is 9.38. The van der Waals surface area contributed by atoms with Crippen molar-refractivity contribution >= 4 is 52.6 Å². The molecule has 3 amide bonds. The van der Waals surface area contributed by atoms with E-state index in [0.717, 1.165) is 95.3 Å². The van der Waals surface area contributed by atoms with Gasteiger partial charge in [-0.1, -0.05) is 206 Å². The zero-order chi connectivity index (χ0) is 62.3. The summed E-state index contributed by atoms with van der Waals surface area (Å²) in [7, 11) is 0. The Bertz CT molecular complexity index is 2220. The molecule has 466 valence electrons. The maximum atomic E-state index is 11.8. The number of hydrogen-bond donors (Lipinski definition) is 2. The van der Waals surface area contributed by atoms with Crippen molar-refractivity contribution in [3.05, 3.63) is 144 Å². The Labute approximate surface area is 558 Å². The molecule has 1 fully saturated rings. The van der Waals surface area contributed by atoms with Gasteiger partial charge in [0.25, 0.3) is 5.24 Å². The average molecular weight is 1220 g/mol. The van der Waals surface area contributed by atoms with Gasteiger partial charge >= 0.3 is 57.5 Å². The standard InChI is InChI=1S/C22H38N2O7S.2C15H16.C10H21O.C8H13NO2.K/c1-16(25)18(27)22(5,6)15-32-20(29)24-10-8-7-9-12-30-13-11-23-19(28)31-14-21(3,4)17(2)26;2*1-3-8-14(9-4-1)12-7-13-15-10-5-2-6-11-15;1-3-5-7-9-10(11)8-6-4-2;1-7(11)8-4-2-3-5-9(8)6-10;/h7-15H2,1-6H3,(H,23,28)(H,24,29);2*1-6,8-11H,7,12-13H2;10H,3-9H2,1-2H3;6,8H,2-5H2,1H3;/q;;;-1;;+1. The van der Waals surface area contributed by atoms with E-state index in [4.69, 9.17) is 9.47 Å². The Morgan fingerprint density at radius 3 is 1.52 bits per heavy atom. The first-order chi connectivity index (χ1) is 40.3. The predicted molar refractivity (Wildman–Crippen MR) is 342 cm³/mol. The number of thioether (sulfide) groups is 1. The van der Waals surface area contributed by atoms with Crippen molar-refractivity contribution in [1.29, 1.82) is 0 Å². The fraction of sp³-hybridized carbons (Fsp3) is 0.557. The molecule has 2 N–H and O–H groups in total. The third-order valence-electron chi connectivity index (χ3n) is 14.2. The number of hydrogen-bond acceptors (Lipinski definition) is 11. The van der Waals surface area contributed by atoms with Gasteiger partial charge in [0.1, 0.15) is 12.4 Å². The zero-order valence-corrected chi connectivity index (χ0v) is 57.5. The molecule has 1 aliphatic heterocycles. The molecule has 2 atom stereocenters. The molecule has 1 saturated heterocycles. The number of nitrogens with one attached hydrogen (secondary N) is 2. The largest absolute Gasteiger partial charge is 1.00 e. The summed E-state index contributed by atoms with van der Waals surface area (Å²) in [5.41, 5.74) is 4.20. The van der Waals surface area contributed by atoms with E-state index in [1.54, 1.807) is 39.5 Å². The molecule has 4 aromatic carbocycles. The Hall–Kier alpha value is -4.32. The van der Waals surface area contributed by atoms with Crippen molar-refractivity contribution in [3.8, 4) is 0 Å². The van der Waals surface area contributed by atoms with Crippen LogP contribution in [0, 0.1) is 10.8 Å². The van der Waals surface area contributed by atoms with Crippen LogP contribution in [0.25, 0.3) is 0 Å². The molecule has 85 heavy (non-hydrogen) atoms. The minimum absolute atomic E-state index is 0. The molecule has 15 heteroatoms. The number of nitrogens with zero attached hydrogens (tertiary/aromatic N) is 1. The van der Waals surface area contributed by atoms with E-state index in [2.05, 4.69) is 146 Å². The van der Waals surface area contributed by atoms with E-state index in [-0.39, 0.29) is 92.7 Å². The maximum absolute atomic E-state index is 11.8. The van der Waals surface area contributed by atoms with Crippen molar-refractivity contribution < 1.29 is 99.5 Å². The van der Waals surface area contributed by atoms with Crippen molar-refractivity contribution in [2.75, 3.05) is 45.2 Å². The van der Waals surface area contributed by atoms with Crippen molar-refractivity contribution in [2.24, 2.45) is 10.8 Å². The second kappa shape index (κ2) is 50.7. The second-order valence-electron chi connectivity index (χ2n) is 22.8. The number of aryl methyl sites for hydroxylation is 4. The molecule has 13 nitrogen and oxygen atoms in total. The van der Waals surface area contributed by atoms with Crippen LogP contribution < -0.4 is 67.1 Å². The van der Waals surface area contributed by atoms with E-state index in [0.29, 0.717) is 26.3 Å². The Morgan fingerprint density at radius 2 is 1.09 bits per heavy atom. The minimum Gasteiger partial charge on any atom is -0.852 e. The number of amides is 3. The van der Waals surface area contributed by atoms with Gasteiger partial charge in [0, 0.05) is 44.3 Å². The first-order valence-electron chi connectivity index (χ1n) is 30.7. The number of carbonyl (C=O) groups excluding carboxylic acids is 7. The summed E-state index contributed by atoms with van der Waals surface area (Å²) in [5, 5.41) is 16.3. The van der Waals surface area contributed by atoms with Gasteiger partial charge in [-0.05, 0) is 127 Å². The number of ketones is 4. The van der Waals surface area contributed by atoms with Crippen molar-refractivity contribution in [3.63, 3.8) is 0 Å². The number of rotatable bonds is 33. The van der Waals surface area contributed by atoms with Gasteiger partial charge in [-0.2, -0.15) is 0 Å². The summed E-state index contributed by atoms with van der Waals surface area (Å²) in [4.78, 5) is 80.8. The molecular weight excluding hydrogens is 1110 g/mol. The zero-order valence-electron chi connectivity index (χ0n) is 53.6. The van der Waals surface area contributed by atoms with Gasteiger partial charge in [-0.3, -0.25) is 28.8 Å².